The smallest absolute Gasteiger partial charge is 0.334 e. The molecule has 11 nitrogen and oxygen atoms in total. The maximum atomic E-state index is 12.9. The van der Waals surface area contributed by atoms with Crippen LogP contribution < -0.4 is 0 Å². The molecule has 1 aromatic carbocycles. The Bertz CT molecular complexity index is 1220. The lowest BCUT2D eigenvalue weighted by Gasteiger charge is -2.40. The van der Waals surface area contributed by atoms with Gasteiger partial charge >= 0.3 is 11.9 Å². The molecule has 2 heterocycles. The second-order valence-corrected chi connectivity index (χ2v) is 10.9. The summed E-state index contributed by atoms with van der Waals surface area (Å²) >= 11 is 0. The van der Waals surface area contributed by atoms with Gasteiger partial charge in [-0.2, -0.15) is 0 Å². The molecule has 4 aliphatic rings. The molecule has 3 fully saturated rings. The van der Waals surface area contributed by atoms with E-state index in [0.29, 0.717) is 17.7 Å². The summed E-state index contributed by atoms with van der Waals surface area (Å²) in [6, 6.07) is 6.22. The van der Waals surface area contributed by atoms with Crippen molar-refractivity contribution in [1.82, 2.24) is 0 Å². The van der Waals surface area contributed by atoms with Crippen molar-refractivity contribution in [3.05, 3.63) is 65.5 Å². The van der Waals surface area contributed by atoms with Crippen LogP contribution in [0.2, 0.25) is 0 Å². The van der Waals surface area contributed by atoms with E-state index < -0.39 is 67.4 Å². The molecule has 0 unspecified atom stereocenters. The van der Waals surface area contributed by atoms with E-state index in [1.165, 1.54) is 12.1 Å². The number of carbonyl (C=O) groups excluding carboxylic acids is 2. The molecule has 2 aliphatic heterocycles. The number of phenolic OH excluding ortho intramolecular Hbond substituents is 1. The largest absolute Gasteiger partial charge is 0.508 e. The SMILES string of the molecule is C=C1C(=O)O[C@H]2[C@H]3C(C)=C(O[C@@H]4O[C@H](CO)[C@@H](O)[C@H](O)[C@H]4O)C[C@H]3C(=C)C[C@H](OC(=O)Cc3ccc(O)cc3)[C@@H]12. The molecular formula is C29H34O11. The Balaban J connectivity index is 1.37. The minimum atomic E-state index is -1.58. The fourth-order valence-electron chi connectivity index (χ4n) is 6.28. The number of aliphatic hydroxyl groups excluding tert-OH is 4. The number of esters is 2. The summed E-state index contributed by atoms with van der Waals surface area (Å²) in [5, 5.41) is 49.7. The number of hydrogen-bond donors (Lipinski definition) is 5. The van der Waals surface area contributed by atoms with E-state index in [1.807, 2.05) is 0 Å². The zero-order valence-corrected chi connectivity index (χ0v) is 22.0. The van der Waals surface area contributed by atoms with Gasteiger partial charge in [0.1, 0.15) is 42.4 Å². The number of carbonyl (C=O) groups is 2. The lowest BCUT2D eigenvalue weighted by molar-refractivity contribution is -0.292. The molecule has 216 valence electrons. The number of allylic oxidation sites excluding steroid dienone is 1. The molecule has 40 heavy (non-hydrogen) atoms. The van der Waals surface area contributed by atoms with Gasteiger partial charge in [0.25, 0.3) is 0 Å². The Morgan fingerprint density at radius 2 is 1.75 bits per heavy atom. The first-order valence-electron chi connectivity index (χ1n) is 13.2. The zero-order chi connectivity index (χ0) is 28.9. The normalized spacial score (nSPS) is 37.5. The van der Waals surface area contributed by atoms with Crippen molar-refractivity contribution in [2.75, 3.05) is 6.61 Å². The Hall–Kier alpha value is -3.22. The molecule has 0 radical (unpaired) electrons. The number of ether oxygens (including phenoxy) is 4. The molecule has 1 saturated carbocycles. The van der Waals surface area contributed by atoms with Crippen molar-refractivity contribution in [1.29, 1.82) is 0 Å². The van der Waals surface area contributed by atoms with Gasteiger partial charge in [0.15, 0.2) is 0 Å². The van der Waals surface area contributed by atoms with Gasteiger partial charge in [-0.15, -0.1) is 0 Å². The molecule has 1 aromatic rings. The van der Waals surface area contributed by atoms with Gasteiger partial charge < -0.3 is 44.5 Å². The van der Waals surface area contributed by atoms with Crippen molar-refractivity contribution in [3.8, 4) is 5.75 Å². The van der Waals surface area contributed by atoms with Crippen LogP contribution in [0.3, 0.4) is 0 Å². The second kappa shape index (κ2) is 11.0. The van der Waals surface area contributed by atoms with E-state index >= 15 is 0 Å². The molecule has 0 aromatic heterocycles. The quantitative estimate of drug-likeness (QED) is 0.188. The molecule has 0 amide bonds. The number of aliphatic hydroxyl groups is 4. The van der Waals surface area contributed by atoms with E-state index in [1.54, 1.807) is 19.1 Å². The van der Waals surface area contributed by atoms with E-state index in [-0.39, 0.29) is 36.0 Å². The van der Waals surface area contributed by atoms with Crippen molar-refractivity contribution in [2.45, 2.75) is 69.1 Å². The summed E-state index contributed by atoms with van der Waals surface area (Å²) in [6.07, 6.45) is -7.99. The maximum absolute atomic E-state index is 12.9. The van der Waals surface area contributed by atoms with Crippen LogP contribution in [0.1, 0.15) is 25.3 Å². The minimum Gasteiger partial charge on any atom is -0.508 e. The summed E-state index contributed by atoms with van der Waals surface area (Å²) < 4.78 is 23.2. The van der Waals surface area contributed by atoms with Crippen LogP contribution in [0.25, 0.3) is 0 Å². The van der Waals surface area contributed by atoms with Gasteiger partial charge in [0.2, 0.25) is 6.29 Å². The Morgan fingerprint density at radius 1 is 1.05 bits per heavy atom. The van der Waals surface area contributed by atoms with Crippen LogP contribution in [0.5, 0.6) is 5.75 Å². The minimum absolute atomic E-state index is 0.0230. The number of rotatable bonds is 6. The van der Waals surface area contributed by atoms with Crippen LogP contribution in [0.4, 0.5) is 0 Å². The van der Waals surface area contributed by atoms with E-state index in [9.17, 15) is 35.1 Å². The summed E-state index contributed by atoms with van der Waals surface area (Å²) in [6.45, 7) is 9.41. The van der Waals surface area contributed by atoms with Gasteiger partial charge in [0, 0.05) is 24.3 Å². The van der Waals surface area contributed by atoms with Crippen LogP contribution in [0.15, 0.2) is 59.9 Å². The number of phenols is 1. The van der Waals surface area contributed by atoms with Crippen LogP contribution in [-0.2, 0) is 35.0 Å². The average Bonchev–Trinajstić information content (AvgIpc) is 3.36. The molecule has 0 bridgehead atoms. The first-order valence-corrected chi connectivity index (χ1v) is 13.2. The second-order valence-electron chi connectivity index (χ2n) is 10.9. The average molecular weight is 559 g/mol. The predicted octanol–water partition coefficient (Wildman–Crippen LogP) is 0.631. The number of aromatic hydroxyl groups is 1. The third-order valence-corrected chi connectivity index (χ3v) is 8.46. The van der Waals surface area contributed by atoms with E-state index in [0.717, 1.165) is 11.1 Å². The number of benzene rings is 1. The highest BCUT2D eigenvalue weighted by atomic mass is 16.7. The molecule has 0 spiro atoms. The van der Waals surface area contributed by atoms with Crippen LogP contribution in [0, 0.1) is 17.8 Å². The molecule has 2 aliphatic carbocycles. The lowest BCUT2D eigenvalue weighted by Crippen LogP contribution is -2.59. The Labute approximate surface area is 230 Å². The molecule has 11 heteroatoms. The monoisotopic (exact) mass is 558 g/mol. The summed E-state index contributed by atoms with van der Waals surface area (Å²) in [4.78, 5) is 25.6. The lowest BCUT2D eigenvalue weighted by atomic mass is 9.80. The fraction of sp³-hybridized carbons (Fsp3) is 0.517. The molecule has 5 N–H and O–H groups in total. The first kappa shape index (κ1) is 28.3. The molecule has 10 atom stereocenters. The third-order valence-electron chi connectivity index (χ3n) is 8.46. The van der Waals surface area contributed by atoms with Gasteiger partial charge in [-0.1, -0.05) is 30.9 Å². The zero-order valence-electron chi connectivity index (χ0n) is 22.0. The Morgan fingerprint density at radius 3 is 2.42 bits per heavy atom. The molecule has 5 rings (SSSR count). The molecule has 2 saturated heterocycles. The van der Waals surface area contributed by atoms with Gasteiger partial charge in [-0.25, -0.2) is 4.79 Å². The summed E-state index contributed by atoms with van der Waals surface area (Å²) in [7, 11) is 0. The topological polar surface area (TPSA) is 172 Å². The predicted molar refractivity (Wildman–Crippen MR) is 137 cm³/mol. The first-order chi connectivity index (χ1) is 19.0. The van der Waals surface area contributed by atoms with Crippen molar-refractivity contribution < 1.29 is 54.1 Å². The van der Waals surface area contributed by atoms with Gasteiger partial charge in [-0.3, -0.25) is 4.79 Å². The molecular weight excluding hydrogens is 524 g/mol. The van der Waals surface area contributed by atoms with Gasteiger partial charge in [-0.05, 0) is 36.1 Å². The number of fused-ring (bicyclic) bond motifs is 3. The van der Waals surface area contributed by atoms with Crippen LogP contribution in [-0.4, -0.2) is 87.0 Å². The number of hydrogen-bond acceptors (Lipinski definition) is 11. The van der Waals surface area contributed by atoms with Crippen LogP contribution >= 0.6 is 0 Å². The van der Waals surface area contributed by atoms with Crippen molar-refractivity contribution in [2.24, 2.45) is 17.8 Å². The maximum Gasteiger partial charge on any atom is 0.334 e. The summed E-state index contributed by atoms with van der Waals surface area (Å²) in [5.41, 5.74) is 2.35. The highest BCUT2D eigenvalue weighted by Crippen LogP contribution is 2.53. The van der Waals surface area contributed by atoms with Crippen molar-refractivity contribution in [3.63, 3.8) is 0 Å². The highest BCUT2D eigenvalue weighted by Gasteiger charge is 2.56. The highest BCUT2D eigenvalue weighted by molar-refractivity contribution is 5.91. The standard InChI is InChI=1S/C29H34O11/c1-12-8-19(37-21(32)9-15-4-6-16(31)7-5-15)23-14(3)28(36)40-27(23)22-13(2)18(10-17(12)22)38-29-26(35)25(34)24(33)20(11-30)39-29/h4-7,17,19-20,22-27,29-31,33-35H,1,3,8-11H2,2H3/t17-,19-,20+,22-,23+,24+,25-,26+,27-,29+/m0/s1. The Kier molecular flexibility index (Phi) is 7.77. The van der Waals surface area contributed by atoms with E-state index in [4.69, 9.17) is 18.9 Å². The van der Waals surface area contributed by atoms with Gasteiger partial charge in [0.05, 0.1) is 24.7 Å². The third kappa shape index (κ3) is 5.04. The summed E-state index contributed by atoms with van der Waals surface area (Å²) in [5.74, 6) is -1.77. The van der Waals surface area contributed by atoms with Crippen molar-refractivity contribution >= 4 is 11.9 Å². The fourth-order valence-corrected chi connectivity index (χ4v) is 6.28. The van der Waals surface area contributed by atoms with E-state index in [2.05, 4.69) is 13.2 Å².